The van der Waals surface area contributed by atoms with Crippen LogP contribution in [-0.2, 0) is 4.74 Å². The van der Waals surface area contributed by atoms with Crippen LogP contribution in [0.15, 0.2) is 0 Å². The topological polar surface area (TPSA) is 102 Å². The smallest absolute Gasteiger partial charge is 0.321 e. The van der Waals surface area contributed by atoms with Crippen molar-refractivity contribution in [1.82, 2.24) is 10.2 Å². The third-order valence-electron chi connectivity index (χ3n) is 2.93. The number of carbonyl (C=O) groups is 1. The van der Waals surface area contributed by atoms with Gasteiger partial charge in [-0.3, -0.25) is 4.90 Å². The second kappa shape index (κ2) is 4.54. The van der Waals surface area contributed by atoms with E-state index in [2.05, 4.69) is 5.32 Å². The van der Waals surface area contributed by atoms with Crippen LogP contribution >= 0.6 is 0 Å². The highest BCUT2D eigenvalue weighted by Gasteiger charge is 2.40. The standard InChI is InChI=1S/C9H16N2O5/c12-4-6-5(13)3-8(16-6)11-2-1-7(14)10-9(11)15/h5-8,12-14H,1-4H2,(H,10,15)/t5?,6-,7?,8-/m0/s1. The number of urea groups is 1. The molecule has 7 heteroatoms. The predicted octanol–water partition coefficient (Wildman–Crippen LogP) is -1.81. The normalized spacial score (nSPS) is 39.9. The number of amides is 2. The van der Waals surface area contributed by atoms with Crippen molar-refractivity contribution in [3.05, 3.63) is 0 Å². The van der Waals surface area contributed by atoms with Gasteiger partial charge < -0.3 is 25.4 Å². The zero-order valence-corrected chi connectivity index (χ0v) is 8.74. The highest BCUT2D eigenvalue weighted by atomic mass is 16.5. The Balaban J connectivity index is 1.96. The third kappa shape index (κ3) is 2.12. The summed E-state index contributed by atoms with van der Waals surface area (Å²) >= 11 is 0. The fourth-order valence-corrected chi connectivity index (χ4v) is 2.01. The van der Waals surface area contributed by atoms with Crippen molar-refractivity contribution >= 4 is 6.03 Å². The average Bonchev–Trinajstić information content (AvgIpc) is 2.59. The van der Waals surface area contributed by atoms with Crippen LogP contribution in [0.2, 0.25) is 0 Å². The van der Waals surface area contributed by atoms with E-state index in [0.717, 1.165) is 0 Å². The summed E-state index contributed by atoms with van der Waals surface area (Å²) in [6.45, 7) is 0.109. The van der Waals surface area contributed by atoms with Crippen LogP contribution in [0.5, 0.6) is 0 Å². The van der Waals surface area contributed by atoms with E-state index in [4.69, 9.17) is 9.84 Å². The van der Waals surface area contributed by atoms with E-state index in [1.807, 2.05) is 0 Å². The Morgan fingerprint density at radius 1 is 1.50 bits per heavy atom. The maximum atomic E-state index is 11.5. The zero-order chi connectivity index (χ0) is 11.7. The maximum absolute atomic E-state index is 11.5. The molecule has 2 aliphatic rings. The molecule has 0 saturated carbocycles. The molecule has 0 bridgehead atoms. The SMILES string of the molecule is O=C1NC(O)CCN1[C@@H]1CC(O)[C@H](CO)O1. The number of nitrogens with one attached hydrogen (secondary N) is 1. The summed E-state index contributed by atoms with van der Waals surface area (Å²) in [7, 11) is 0. The highest BCUT2D eigenvalue weighted by molar-refractivity contribution is 5.75. The van der Waals surface area contributed by atoms with Gasteiger partial charge >= 0.3 is 6.03 Å². The lowest BCUT2D eigenvalue weighted by Gasteiger charge is -2.34. The van der Waals surface area contributed by atoms with E-state index in [1.54, 1.807) is 0 Å². The first kappa shape index (κ1) is 11.6. The summed E-state index contributed by atoms with van der Waals surface area (Å²) < 4.78 is 5.35. The number of carbonyl (C=O) groups excluding carboxylic acids is 1. The molecule has 7 nitrogen and oxygen atoms in total. The van der Waals surface area contributed by atoms with Crippen molar-refractivity contribution in [2.45, 2.75) is 37.5 Å². The van der Waals surface area contributed by atoms with Gasteiger partial charge in [0.1, 0.15) is 18.6 Å². The molecule has 2 fully saturated rings. The summed E-state index contributed by atoms with van der Waals surface area (Å²) in [6, 6.07) is -0.408. The molecule has 92 valence electrons. The molecule has 2 amide bonds. The van der Waals surface area contributed by atoms with Gasteiger partial charge in [0.15, 0.2) is 0 Å². The van der Waals surface area contributed by atoms with Crippen molar-refractivity contribution in [3.8, 4) is 0 Å². The predicted molar refractivity (Wildman–Crippen MR) is 52.2 cm³/mol. The van der Waals surface area contributed by atoms with Gasteiger partial charge in [0.05, 0.1) is 12.7 Å². The molecular formula is C9H16N2O5. The van der Waals surface area contributed by atoms with Gasteiger partial charge in [-0.2, -0.15) is 0 Å². The Labute approximate surface area is 92.6 Å². The van der Waals surface area contributed by atoms with Crippen molar-refractivity contribution in [1.29, 1.82) is 0 Å². The van der Waals surface area contributed by atoms with Crippen LogP contribution in [0, 0.1) is 0 Å². The van der Waals surface area contributed by atoms with E-state index in [1.165, 1.54) is 4.90 Å². The minimum absolute atomic E-state index is 0.268. The molecular weight excluding hydrogens is 216 g/mol. The van der Waals surface area contributed by atoms with E-state index < -0.39 is 30.7 Å². The molecule has 0 aromatic rings. The molecule has 0 aromatic heterocycles. The summed E-state index contributed by atoms with van der Waals surface area (Å²) in [5.41, 5.74) is 0. The van der Waals surface area contributed by atoms with E-state index in [-0.39, 0.29) is 13.0 Å². The average molecular weight is 232 g/mol. The highest BCUT2D eigenvalue weighted by Crippen LogP contribution is 2.24. The molecule has 4 N–H and O–H groups in total. The van der Waals surface area contributed by atoms with Gasteiger partial charge in [-0.05, 0) is 0 Å². The quantitative estimate of drug-likeness (QED) is 0.449. The van der Waals surface area contributed by atoms with Crippen LogP contribution in [0.1, 0.15) is 12.8 Å². The lowest BCUT2D eigenvalue weighted by atomic mass is 10.2. The Kier molecular flexibility index (Phi) is 3.29. The third-order valence-corrected chi connectivity index (χ3v) is 2.93. The first-order valence-electron chi connectivity index (χ1n) is 5.31. The molecule has 2 rings (SSSR count). The maximum Gasteiger partial charge on any atom is 0.321 e. The van der Waals surface area contributed by atoms with Gasteiger partial charge in [0, 0.05) is 19.4 Å². The fraction of sp³-hybridized carbons (Fsp3) is 0.889. The van der Waals surface area contributed by atoms with Crippen LogP contribution in [0.25, 0.3) is 0 Å². The van der Waals surface area contributed by atoms with Gasteiger partial charge in [-0.1, -0.05) is 0 Å². The summed E-state index contributed by atoms with van der Waals surface area (Å²) in [4.78, 5) is 12.9. The number of hydrogen-bond donors (Lipinski definition) is 4. The second-order valence-electron chi connectivity index (χ2n) is 4.06. The molecule has 0 aromatic carbocycles. The minimum Gasteiger partial charge on any atom is -0.394 e. The molecule has 0 spiro atoms. The zero-order valence-electron chi connectivity index (χ0n) is 8.74. The fourth-order valence-electron chi connectivity index (χ4n) is 2.01. The van der Waals surface area contributed by atoms with Crippen LogP contribution in [0.3, 0.4) is 0 Å². The van der Waals surface area contributed by atoms with Gasteiger partial charge in [-0.25, -0.2) is 4.79 Å². The van der Waals surface area contributed by atoms with E-state index in [0.29, 0.717) is 13.0 Å². The summed E-state index contributed by atoms with van der Waals surface area (Å²) in [5.74, 6) is 0. The van der Waals surface area contributed by atoms with Crippen LogP contribution < -0.4 is 5.32 Å². The Hall–Kier alpha value is -0.890. The molecule has 2 unspecified atom stereocenters. The summed E-state index contributed by atoms with van der Waals surface area (Å²) in [6.07, 6.45) is -2.03. The van der Waals surface area contributed by atoms with E-state index >= 15 is 0 Å². The minimum atomic E-state index is -0.816. The Morgan fingerprint density at radius 2 is 2.25 bits per heavy atom. The first-order valence-corrected chi connectivity index (χ1v) is 5.31. The monoisotopic (exact) mass is 232 g/mol. The number of aliphatic hydroxyl groups is 3. The number of aliphatic hydroxyl groups excluding tert-OH is 3. The molecule has 2 saturated heterocycles. The van der Waals surface area contributed by atoms with Crippen LogP contribution in [0.4, 0.5) is 4.79 Å². The second-order valence-corrected chi connectivity index (χ2v) is 4.06. The van der Waals surface area contributed by atoms with E-state index in [9.17, 15) is 15.0 Å². The lowest BCUT2D eigenvalue weighted by Crippen LogP contribution is -2.55. The summed E-state index contributed by atoms with van der Waals surface area (Å²) in [5, 5.41) is 30.0. The van der Waals surface area contributed by atoms with Crippen molar-refractivity contribution < 1.29 is 24.9 Å². The number of rotatable bonds is 2. The first-order chi connectivity index (χ1) is 7.61. The number of hydrogen-bond acceptors (Lipinski definition) is 5. The molecule has 4 atom stereocenters. The van der Waals surface area contributed by atoms with Crippen molar-refractivity contribution in [3.63, 3.8) is 0 Å². The Morgan fingerprint density at radius 3 is 2.81 bits per heavy atom. The van der Waals surface area contributed by atoms with Gasteiger partial charge in [0.2, 0.25) is 0 Å². The Bertz CT molecular complexity index is 275. The van der Waals surface area contributed by atoms with Crippen molar-refractivity contribution in [2.75, 3.05) is 13.2 Å². The molecule has 2 aliphatic heterocycles. The number of nitrogens with zero attached hydrogens (tertiary/aromatic N) is 1. The van der Waals surface area contributed by atoms with Gasteiger partial charge in [0.25, 0.3) is 0 Å². The largest absolute Gasteiger partial charge is 0.394 e. The van der Waals surface area contributed by atoms with Gasteiger partial charge in [-0.15, -0.1) is 0 Å². The number of ether oxygens (including phenoxy) is 1. The van der Waals surface area contributed by atoms with Crippen molar-refractivity contribution in [2.24, 2.45) is 0 Å². The molecule has 16 heavy (non-hydrogen) atoms. The van der Waals surface area contributed by atoms with Crippen LogP contribution in [-0.4, -0.2) is 64.1 Å². The molecule has 0 aliphatic carbocycles. The lowest BCUT2D eigenvalue weighted by molar-refractivity contribution is -0.0730. The molecule has 0 radical (unpaired) electrons. The molecule has 2 heterocycles.